The lowest BCUT2D eigenvalue weighted by atomic mass is 9.79. The second kappa shape index (κ2) is 6.79. The minimum atomic E-state index is -2.78. The van der Waals surface area contributed by atoms with Gasteiger partial charge in [0.25, 0.3) is 5.92 Å². The fraction of sp³-hybridized carbons (Fsp3) is 0.474. The summed E-state index contributed by atoms with van der Waals surface area (Å²) in [4.78, 5) is 12.2. The summed E-state index contributed by atoms with van der Waals surface area (Å²) in [5.74, 6) is -4.23. The molecule has 1 aromatic heterocycles. The smallest absolute Gasteiger partial charge is 0.413 e. The average Bonchev–Trinajstić information content (AvgIpc) is 2.84. The summed E-state index contributed by atoms with van der Waals surface area (Å²) in [6.07, 6.45) is 0.143. The molecule has 5 nitrogen and oxygen atoms in total. The van der Waals surface area contributed by atoms with Crippen LogP contribution < -0.4 is 5.32 Å². The molecular weight excluding hydrogens is 378 g/mol. The fourth-order valence-electron chi connectivity index (χ4n) is 3.60. The Labute approximate surface area is 158 Å². The van der Waals surface area contributed by atoms with E-state index >= 15 is 0 Å². The van der Waals surface area contributed by atoms with E-state index in [0.29, 0.717) is 17.1 Å². The van der Waals surface area contributed by atoms with Gasteiger partial charge in [0.15, 0.2) is 11.6 Å². The second-order valence-electron chi connectivity index (χ2n) is 7.41. The van der Waals surface area contributed by atoms with E-state index in [1.54, 1.807) is 7.05 Å². The Hall–Kier alpha value is -2.58. The number of carbonyl (C=O) groups is 1. The third-order valence-corrected chi connectivity index (χ3v) is 5.34. The Morgan fingerprint density at radius 3 is 2.54 bits per heavy atom. The normalized spacial score (nSPS) is 19.0. The van der Waals surface area contributed by atoms with Crippen LogP contribution in [0.25, 0.3) is 11.3 Å². The molecule has 0 atom stereocenters. The van der Waals surface area contributed by atoms with Gasteiger partial charge in [-0.2, -0.15) is 5.10 Å². The number of nitrogens with one attached hydrogen (secondary N) is 1. The van der Waals surface area contributed by atoms with Crippen molar-refractivity contribution in [1.29, 1.82) is 0 Å². The summed E-state index contributed by atoms with van der Waals surface area (Å²) >= 11 is 0. The van der Waals surface area contributed by atoms with Crippen LogP contribution in [0.3, 0.4) is 0 Å². The van der Waals surface area contributed by atoms with Crippen molar-refractivity contribution < 1.29 is 27.1 Å². The molecule has 4 rings (SSSR count). The third-order valence-electron chi connectivity index (χ3n) is 5.34. The highest BCUT2D eigenvalue weighted by Gasteiger charge is 2.47. The number of hydrogen-bond donors (Lipinski definition) is 1. The highest BCUT2D eigenvalue weighted by Crippen LogP contribution is 2.45. The number of aryl methyl sites for hydroxylation is 1. The number of rotatable bonds is 4. The van der Waals surface area contributed by atoms with Crippen LogP contribution in [0.4, 0.5) is 28.2 Å². The standard InChI is InChI=1S/C19H19F4N3O2/c1-26-17(24-18(27)28-12-8-19(22,23)9-12)15(10-3-2-4-10)16(25-26)11-5-6-13(20)14(21)7-11/h5-7,10,12H,2-4,8-9H2,1H3,(H,24,27). The van der Waals surface area contributed by atoms with Crippen molar-refractivity contribution in [3.8, 4) is 11.3 Å². The number of carbonyl (C=O) groups excluding carboxylic acids is 1. The molecular formula is C19H19F4N3O2. The predicted octanol–water partition coefficient (Wildman–Crippen LogP) is 4.98. The average molecular weight is 397 g/mol. The largest absolute Gasteiger partial charge is 0.445 e. The van der Waals surface area contributed by atoms with Crippen molar-refractivity contribution in [2.24, 2.45) is 7.05 Å². The summed E-state index contributed by atoms with van der Waals surface area (Å²) in [5, 5.41) is 6.98. The van der Waals surface area contributed by atoms with Gasteiger partial charge in [-0.15, -0.1) is 0 Å². The van der Waals surface area contributed by atoms with Gasteiger partial charge >= 0.3 is 6.09 Å². The first-order chi connectivity index (χ1) is 13.2. The van der Waals surface area contributed by atoms with Crippen molar-refractivity contribution in [3.05, 3.63) is 35.4 Å². The van der Waals surface area contributed by atoms with Crippen LogP contribution in [-0.2, 0) is 11.8 Å². The summed E-state index contributed by atoms with van der Waals surface area (Å²) in [6, 6.07) is 3.53. The summed E-state index contributed by atoms with van der Waals surface area (Å²) in [6.45, 7) is 0. The van der Waals surface area contributed by atoms with Crippen LogP contribution in [0.2, 0.25) is 0 Å². The lowest BCUT2D eigenvalue weighted by Crippen LogP contribution is -2.43. The van der Waals surface area contributed by atoms with Gasteiger partial charge in [-0.3, -0.25) is 10.00 Å². The van der Waals surface area contributed by atoms with Crippen LogP contribution >= 0.6 is 0 Å². The Bertz CT molecular complexity index is 916. The van der Waals surface area contributed by atoms with E-state index in [0.717, 1.165) is 37.0 Å². The zero-order valence-electron chi connectivity index (χ0n) is 15.1. The van der Waals surface area contributed by atoms with Crippen molar-refractivity contribution in [2.75, 3.05) is 5.32 Å². The van der Waals surface area contributed by atoms with Gasteiger partial charge in [-0.05, 0) is 37.0 Å². The summed E-state index contributed by atoms with van der Waals surface area (Å²) in [5.41, 5.74) is 1.57. The topological polar surface area (TPSA) is 56.2 Å². The van der Waals surface area contributed by atoms with E-state index in [-0.39, 0.29) is 5.92 Å². The van der Waals surface area contributed by atoms with Gasteiger partial charge in [0.1, 0.15) is 11.9 Å². The zero-order chi connectivity index (χ0) is 20.1. The van der Waals surface area contributed by atoms with Crippen molar-refractivity contribution in [3.63, 3.8) is 0 Å². The molecule has 0 aliphatic heterocycles. The maximum atomic E-state index is 13.7. The van der Waals surface area contributed by atoms with E-state index < -0.39 is 42.6 Å². The molecule has 9 heteroatoms. The monoisotopic (exact) mass is 397 g/mol. The number of amides is 1. The van der Waals surface area contributed by atoms with Gasteiger partial charge < -0.3 is 4.74 Å². The first-order valence-corrected chi connectivity index (χ1v) is 9.11. The molecule has 28 heavy (non-hydrogen) atoms. The molecule has 2 aliphatic carbocycles. The maximum Gasteiger partial charge on any atom is 0.413 e. The van der Waals surface area contributed by atoms with Gasteiger partial charge in [0, 0.05) is 31.0 Å². The number of benzene rings is 1. The first kappa shape index (κ1) is 18.8. The number of ether oxygens (including phenoxy) is 1. The molecule has 2 fully saturated rings. The van der Waals surface area contributed by atoms with E-state index in [2.05, 4.69) is 10.4 Å². The number of hydrogen-bond acceptors (Lipinski definition) is 3. The maximum absolute atomic E-state index is 13.7. The van der Waals surface area contributed by atoms with Gasteiger partial charge in [0.2, 0.25) is 0 Å². The SMILES string of the molecule is Cn1nc(-c2ccc(F)c(F)c2)c(C2CCC2)c1NC(=O)OC1CC(F)(F)C1. The van der Waals surface area contributed by atoms with E-state index in [1.807, 2.05) is 0 Å². The van der Waals surface area contributed by atoms with Crippen molar-refractivity contribution in [2.45, 2.75) is 50.0 Å². The molecule has 0 unspecified atom stereocenters. The number of nitrogens with zero attached hydrogens (tertiary/aromatic N) is 2. The van der Waals surface area contributed by atoms with Gasteiger partial charge in [0.05, 0.1) is 5.69 Å². The predicted molar refractivity (Wildman–Crippen MR) is 93.2 cm³/mol. The molecule has 1 amide bonds. The minimum Gasteiger partial charge on any atom is -0.445 e. The molecule has 2 saturated carbocycles. The molecule has 0 bridgehead atoms. The van der Waals surface area contributed by atoms with E-state index in [9.17, 15) is 22.4 Å². The minimum absolute atomic E-state index is 0.111. The molecule has 0 radical (unpaired) electrons. The lowest BCUT2D eigenvalue weighted by molar-refractivity contribution is -0.142. The van der Waals surface area contributed by atoms with E-state index in [4.69, 9.17) is 4.74 Å². The van der Waals surface area contributed by atoms with Crippen LogP contribution in [-0.4, -0.2) is 27.9 Å². The molecule has 0 spiro atoms. The number of alkyl halides is 2. The van der Waals surface area contributed by atoms with Gasteiger partial charge in [-0.1, -0.05) is 6.42 Å². The Morgan fingerprint density at radius 1 is 1.25 bits per heavy atom. The number of halogens is 4. The van der Waals surface area contributed by atoms with Crippen LogP contribution in [0.5, 0.6) is 0 Å². The third kappa shape index (κ3) is 3.45. The first-order valence-electron chi connectivity index (χ1n) is 9.11. The molecule has 0 saturated heterocycles. The molecule has 1 N–H and O–H groups in total. The molecule has 150 valence electrons. The molecule has 1 aromatic carbocycles. The number of anilines is 1. The van der Waals surface area contributed by atoms with E-state index in [1.165, 1.54) is 10.7 Å². The van der Waals surface area contributed by atoms with Gasteiger partial charge in [-0.25, -0.2) is 22.4 Å². The summed E-state index contributed by atoms with van der Waals surface area (Å²) in [7, 11) is 1.61. The highest BCUT2D eigenvalue weighted by atomic mass is 19.3. The Balaban J connectivity index is 1.61. The Kier molecular flexibility index (Phi) is 4.55. The quantitative estimate of drug-likeness (QED) is 0.741. The summed E-state index contributed by atoms with van der Waals surface area (Å²) < 4.78 is 59.3. The lowest BCUT2D eigenvalue weighted by Gasteiger charge is -2.34. The second-order valence-corrected chi connectivity index (χ2v) is 7.41. The Morgan fingerprint density at radius 2 is 1.96 bits per heavy atom. The fourth-order valence-corrected chi connectivity index (χ4v) is 3.60. The van der Waals surface area contributed by atoms with Crippen LogP contribution in [0.15, 0.2) is 18.2 Å². The molecule has 1 heterocycles. The van der Waals surface area contributed by atoms with Crippen molar-refractivity contribution >= 4 is 11.9 Å². The highest BCUT2D eigenvalue weighted by molar-refractivity contribution is 5.87. The molecule has 2 aliphatic rings. The van der Waals surface area contributed by atoms with Crippen LogP contribution in [0, 0.1) is 11.6 Å². The van der Waals surface area contributed by atoms with Crippen molar-refractivity contribution in [1.82, 2.24) is 9.78 Å². The van der Waals surface area contributed by atoms with Crippen LogP contribution in [0.1, 0.15) is 43.6 Å². The zero-order valence-corrected chi connectivity index (χ0v) is 15.1. The number of aromatic nitrogens is 2. The molecule has 2 aromatic rings.